The minimum absolute atomic E-state index is 0. The van der Waals surface area contributed by atoms with Crippen LogP contribution >= 0.6 is 0 Å². The minimum atomic E-state index is -1.23. The summed E-state index contributed by atoms with van der Waals surface area (Å²) in [6.45, 7) is 2.90. The van der Waals surface area contributed by atoms with E-state index in [1.54, 1.807) is 0 Å². The Morgan fingerprint density at radius 3 is 2.00 bits per heavy atom. The number of hydrogen-bond acceptors (Lipinski definition) is 2. The van der Waals surface area contributed by atoms with E-state index in [1.807, 2.05) is 0 Å². The molecule has 32 valence electrons. The van der Waals surface area contributed by atoms with Gasteiger partial charge in [-0.1, -0.05) is 6.58 Å². The van der Waals surface area contributed by atoms with Crippen molar-refractivity contribution in [3.63, 3.8) is 0 Å². The second-order valence-corrected chi connectivity index (χ2v) is 0.523. The molecule has 2 nitrogen and oxygen atoms in total. The molecule has 0 saturated heterocycles. The van der Waals surface area contributed by atoms with Crippen LogP contribution in [-0.4, -0.2) is 5.97 Å². The smallest absolute Gasteiger partial charge is 0.0636 e. The van der Waals surface area contributed by atoms with Gasteiger partial charge in [-0.2, -0.15) is 0 Å². The van der Waals surface area contributed by atoms with E-state index in [0.29, 0.717) is 0 Å². The molecule has 3 heteroatoms. The van der Waals surface area contributed by atoms with Gasteiger partial charge < -0.3 is 9.90 Å². The van der Waals surface area contributed by atoms with Gasteiger partial charge in [-0.25, -0.2) is 0 Å². The molecule has 0 unspecified atom stereocenters. The molecule has 6 heavy (non-hydrogen) atoms. The number of carbonyl (C=O) groups excluding carboxylic acids is 1. The molecular formula is C3H3O2Ti-. The van der Waals surface area contributed by atoms with Gasteiger partial charge in [0, 0.05) is 21.7 Å². The topological polar surface area (TPSA) is 40.1 Å². The largest absolute Gasteiger partial charge is 0.545 e. The Kier molecular flexibility index (Phi) is 7.66. The third kappa shape index (κ3) is 9.06. The molecule has 0 aliphatic rings. The van der Waals surface area contributed by atoms with Crippen LogP contribution in [0.15, 0.2) is 12.7 Å². The van der Waals surface area contributed by atoms with Gasteiger partial charge in [0.05, 0.1) is 5.97 Å². The Labute approximate surface area is 50.7 Å². The van der Waals surface area contributed by atoms with Crippen LogP contribution in [-0.2, 0) is 26.5 Å². The summed E-state index contributed by atoms with van der Waals surface area (Å²) >= 11 is 0. The van der Waals surface area contributed by atoms with Crippen LogP contribution in [0.5, 0.6) is 0 Å². The van der Waals surface area contributed by atoms with Gasteiger partial charge in [0.1, 0.15) is 0 Å². The number of aliphatic carboxylic acids is 1. The molecule has 0 saturated carbocycles. The van der Waals surface area contributed by atoms with Crippen molar-refractivity contribution in [1.82, 2.24) is 0 Å². The summed E-state index contributed by atoms with van der Waals surface area (Å²) in [7, 11) is 0. The Bertz CT molecular complexity index is 59.8. The third-order valence-corrected chi connectivity index (χ3v) is 0.167. The summed E-state index contributed by atoms with van der Waals surface area (Å²) in [5.41, 5.74) is 0. The van der Waals surface area contributed by atoms with Crippen molar-refractivity contribution < 1.29 is 31.6 Å². The zero-order valence-electron chi connectivity index (χ0n) is 3.10. The Morgan fingerprint density at radius 1 is 1.83 bits per heavy atom. The third-order valence-electron chi connectivity index (χ3n) is 0.167. The molecule has 0 radical (unpaired) electrons. The van der Waals surface area contributed by atoms with Crippen molar-refractivity contribution >= 4 is 5.97 Å². The molecule has 0 atom stereocenters. The number of carboxylic acids is 1. The van der Waals surface area contributed by atoms with E-state index in [9.17, 15) is 0 Å². The van der Waals surface area contributed by atoms with Crippen molar-refractivity contribution in [1.29, 1.82) is 0 Å². The van der Waals surface area contributed by atoms with Gasteiger partial charge in [0.15, 0.2) is 0 Å². The fourth-order valence-corrected chi connectivity index (χ4v) is 0. The molecule has 0 bridgehead atoms. The van der Waals surface area contributed by atoms with Gasteiger partial charge >= 0.3 is 0 Å². The van der Waals surface area contributed by atoms with Crippen LogP contribution in [0.25, 0.3) is 0 Å². The second-order valence-electron chi connectivity index (χ2n) is 0.523. The fourth-order valence-electron chi connectivity index (χ4n) is 0. The van der Waals surface area contributed by atoms with E-state index in [0.717, 1.165) is 6.08 Å². The molecule has 0 N–H and O–H groups in total. The maximum Gasteiger partial charge on any atom is 0.0636 e. The van der Waals surface area contributed by atoms with Crippen molar-refractivity contribution in [2.24, 2.45) is 0 Å². The first kappa shape index (κ1) is 9.33. The van der Waals surface area contributed by atoms with Crippen LogP contribution in [0, 0.1) is 0 Å². The molecule has 0 spiro atoms. The van der Waals surface area contributed by atoms with Crippen LogP contribution in [0.4, 0.5) is 0 Å². The van der Waals surface area contributed by atoms with Crippen molar-refractivity contribution in [2.45, 2.75) is 0 Å². The molecule has 0 amide bonds. The van der Waals surface area contributed by atoms with Crippen molar-refractivity contribution in [3.8, 4) is 0 Å². The maximum absolute atomic E-state index is 9.14. The fraction of sp³-hybridized carbons (Fsp3) is 0. The van der Waals surface area contributed by atoms with Crippen LogP contribution in [0.3, 0.4) is 0 Å². The summed E-state index contributed by atoms with van der Waals surface area (Å²) in [5.74, 6) is -1.23. The molecule has 0 fully saturated rings. The van der Waals surface area contributed by atoms with Gasteiger partial charge in [-0.05, 0) is 6.08 Å². The quantitative estimate of drug-likeness (QED) is 0.325. The molecule has 0 rings (SSSR count). The monoisotopic (exact) mass is 119 g/mol. The number of carbonyl (C=O) groups is 1. The van der Waals surface area contributed by atoms with E-state index in [-0.39, 0.29) is 21.7 Å². The van der Waals surface area contributed by atoms with E-state index < -0.39 is 5.97 Å². The van der Waals surface area contributed by atoms with Crippen molar-refractivity contribution in [3.05, 3.63) is 12.7 Å². The van der Waals surface area contributed by atoms with E-state index >= 15 is 0 Å². The second kappa shape index (κ2) is 4.92. The summed E-state index contributed by atoms with van der Waals surface area (Å²) in [4.78, 5) is 9.14. The summed E-state index contributed by atoms with van der Waals surface area (Å²) in [5, 5.41) is 9.14. The predicted molar refractivity (Wildman–Crippen MR) is 15.2 cm³/mol. The van der Waals surface area contributed by atoms with Gasteiger partial charge in [-0.15, -0.1) is 0 Å². The molecule has 0 aromatic rings. The number of hydrogen-bond donors (Lipinski definition) is 0. The molecular weight excluding hydrogens is 116 g/mol. The molecule has 0 aliphatic heterocycles. The summed E-state index contributed by atoms with van der Waals surface area (Å²) in [6, 6.07) is 0. The number of carboxylic acid groups (broad SMARTS) is 1. The maximum atomic E-state index is 9.14. The van der Waals surface area contributed by atoms with E-state index in [1.165, 1.54) is 0 Å². The standard InChI is InChI=1S/C3H4O2.Ti/c1-2-3(4)5;/h2H,1H2,(H,4,5);/p-1. The average molecular weight is 119 g/mol. The average Bonchev–Trinajstić information content (AvgIpc) is 1.38. The molecule has 0 aromatic heterocycles. The Morgan fingerprint density at radius 2 is 2.00 bits per heavy atom. The van der Waals surface area contributed by atoms with Crippen LogP contribution in [0.1, 0.15) is 0 Å². The first-order valence-electron chi connectivity index (χ1n) is 1.11. The van der Waals surface area contributed by atoms with Gasteiger partial charge in [-0.3, -0.25) is 0 Å². The Balaban J connectivity index is 0. The number of rotatable bonds is 1. The SMILES string of the molecule is C=CC(=O)[O-].[Ti]. The molecule has 0 heterocycles. The van der Waals surface area contributed by atoms with Crippen LogP contribution < -0.4 is 5.11 Å². The van der Waals surface area contributed by atoms with E-state index in [2.05, 4.69) is 6.58 Å². The van der Waals surface area contributed by atoms with Crippen LogP contribution in [0.2, 0.25) is 0 Å². The predicted octanol–water partition coefficient (Wildman–Crippen LogP) is -1.08. The molecule has 0 aromatic carbocycles. The first-order valence-corrected chi connectivity index (χ1v) is 1.11. The minimum Gasteiger partial charge on any atom is -0.545 e. The van der Waals surface area contributed by atoms with Crippen molar-refractivity contribution in [2.75, 3.05) is 0 Å². The zero-order chi connectivity index (χ0) is 4.28. The van der Waals surface area contributed by atoms with Gasteiger partial charge in [0.25, 0.3) is 0 Å². The summed E-state index contributed by atoms with van der Waals surface area (Å²) in [6.07, 6.45) is 0.722. The zero-order valence-corrected chi connectivity index (χ0v) is 4.66. The first-order chi connectivity index (χ1) is 2.27. The van der Waals surface area contributed by atoms with Gasteiger partial charge in [0.2, 0.25) is 0 Å². The molecule has 0 aliphatic carbocycles. The Hall–Kier alpha value is -0.0757. The van der Waals surface area contributed by atoms with E-state index in [4.69, 9.17) is 9.90 Å². The normalized spacial score (nSPS) is 5.33. The summed E-state index contributed by atoms with van der Waals surface area (Å²) < 4.78 is 0.